The van der Waals surface area contributed by atoms with Gasteiger partial charge >= 0.3 is 12.1 Å². The molecule has 6 heteroatoms. The van der Waals surface area contributed by atoms with Crippen LogP contribution in [0.2, 0.25) is 0 Å². The molecule has 2 rings (SSSR count). The van der Waals surface area contributed by atoms with Crippen molar-refractivity contribution >= 4 is 5.97 Å². The number of halogens is 4. The fraction of sp³-hybridized carbons (Fsp3) is 0.235. The summed E-state index contributed by atoms with van der Waals surface area (Å²) in [6, 6.07) is 8.91. The van der Waals surface area contributed by atoms with Gasteiger partial charge in [-0.05, 0) is 37.1 Å². The maximum absolute atomic E-state index is 14.2. The van der Waals surface area contributed by atoms with Gasteiger partial charge in [0.15, 0.2) is 0 Å². The van der Waals surface area contributed by atoms with Crippen LogP contribution < -0.4 is 0 Å². The summed E-state index contributed by atoms with van der Waals surface area (Å²) in [6.45, 7) is 2.94. The van der Waals surface area contributed by atoms with E-state index in [-0.39, 0.29) is 11.1 Å². The van der Waals surface area contributed by atoms with Gasteiger partial charge in [-0.25, -0.2) is 4.39 Å². The number of carboxylic acids is 1. The van der Waals surface area contributed by atoms with Gasteiger partial charge in [0.25, 0.3) is 0 Å². The zero-order valence-corrected chi connectivity index (χ0v) is 12.4. The Hall–Kier alpha value is -2.37. The van der Waals surface area contributed by atoms with E-state index in [4.69, 9.17) is 0 Å². The highest BCUT2D eigenvalue weighted by Gasteiger charge is 2.35. The van der Waals surface area contributed by atoms with Crippen molar-refractivity contribution in [1.29, 1.82) is 0 Å². The zero-order chi connectivity index (χ0) is 17.4. The van der Waals surface area contributed by atoms with Gasteiger partial charge in [-0.1, -0.05) is 30.3 Å². The van der Waals surface area contributed by atoms with Crippen molar-refractivity contribution in [3.05, 3.63) is 59.4 Å². The molecule has 0 aromatic heterocycles. The van der Waals surface area contributed by atoms with E-state index in [0.717, 1.165) is 6.07 Å². The number of aliphatic carboxylic acids is 1. The first-order chi connectivity index (χ1) is 10.5. The van der Waals surface area contributed by atoms with E-state index in [1.165, 1.54) is 38.1 Å². The average molecular weight is 326 g/mol. The molecule has 23 heavy (non-hydrogen) atoms. The van der Waals surface area contributed by atoms with Crippen LogP contribution in [-0.2, 0) is 16.4 Å². The van der Waals surface area contributed by atoms with Crippen molar-refractivity contribution in [1.82, 2.24) is 0 Å². The Morgan fingerprint density at radius 1 is 1.04 bits per heavy atom. The maximum atomic E-state index is 14.2. The minimum absolute atomic E-state index is 0.195. The molecule has 0 amide bonds. The molecule has 0 aliphatic heterocycles. The highest BCUT2D eigenvalue weighted by molar-refractivity contribution is 5.81. The Bertz CT molecular complexity index is 748. The number of hydrogen-bond donors (Lipinski definition) is 1. The summed E-state index contributed by atoms with van der Waals surface area (Å²) in [5.41, 5.74) is -2.24. The third kappa shape index (κ3) is 3.21. The van der Waals surface area contributed by atoms with Crippen LogP contribution in [0, 0.1) is 5.82 Å². The van der Waals surface area contributed by atoms with E-state index >= 15 is 0 Å². The van der Waals surface area contributed by atoms with E-state index in [9.17, 15) is 27.5 Å². The summed E-state index contributed by atoms with van der Waals surface area (Å²) in [7, 11) is 0. The van der Waals surface area contributed by atoms with Crippen molar-refractivity contribution in [3.8, 4) is 11.1 Å². The van der Waals surface area contributed by atoms with Crippen LogP contribution in [0.4, 0.5) is 17.6 Å². The Morgan fingerprint density at radius 3 is 2.22 bits per heavy atom. The number of carbonyl (C=O) groups is 1. The molecular formula is C17H14F4O2. The Kier molecular flexibility index (Phi) is 4.20. The molecule has 0 heterocycles. The van der Waals surface area contributed by atoms with Crippen molar-refractivity contribution < 1.29 is 27.5 Å². The molecule has 122 valence electrons. The van der Waals surface area contributed by atoms with Gasteiger partial charge in [0.1, 0.15) is 5.82 Å². The maximum Gasteiger partial charge on any atom is 0.419 e. The first kappa shape index (κ1) is 17.0. The van der Waals surface area contributed by atoms with Crippen molar-refractivity contribution in [3.63, 3.8) is 0 Å². The normalized spacial score (nSPS) is 12.3. The minimum Gasteiger partial charge on any atom is -0.481 e. The molecule has 2 aromatic rings. The molecule has 0 saturated heterocycles. The molecule has 0 unspecified atom stereocenters. The summed E-state index contributed by atoms with van der Waals surface area (Å²) < 4.78 is 52.6. The quantitative estimate of drug-likeness (QED) is 0.817. The largest absolute Gasteiger partial charge is 0.481 e. The van der Waals surface area contributed by atoms with Crippen LogP contribution in [0.5, 0.6) is 0 Å². The molecule has 2 nitrogen and oxygen atoms in total. The monoisotopic (exact) mass is 326 g/mol. The van der Waals surface area contributed by atoms with Gasteiger partial charge in [-0.2, -0.15) is 13.2 Å². The van der Waals surface area contributed by atoms with Crippen LogP contribution in [-0.4, -0.2) is 11.1 Å². The predicted octanol–water partition coefficient (Wildman–Crippen LogP) is 4.87. The molecule has 0 bridgehead atoms. The van der Waals surface area contributed by atoms with Gasteiger partial charge in [0.05, 0.1) is 11.0 Å². The Labute approximate surface area is 130 Å². The highest BCUT2D eigenvalue weighted by Crippen LogP contribution is 2.36. The number of benzene rings is 2. The van der Waals surface area contributed by atoms with E-state index < -0.39 is 28.9 Å². The third-order valence-electron chi connectivity index (χ3n) is 3.73. The summed E-state index contributed by atoms with van der Waals surface area (Å²) in [5, 5.41) is 9.24. The number of carboxylic acid groups (broad SMARTS) is 1. The molecule has 2 aromatic carbocycles. The summed E-state index contributed by atoms with van der Waals surface area (Å²) >= 11 is 0. The molecule has 0 spiro atoms. The number of hydrogen-bond acceptors (Lipinski definition) is 1. The van der Waals surface area contributed by atoms with E-state index in [0.29, 0.717) is 11.6 Å². The Morgan fingerprint density at radius 2 is 1.65 bits per heavy atom. The van der Waals surface area contributed by atoms with Crippen LogP contribution in [0.25, 0.3) is 11.1 Å². The highest BCUT2D eigenvalue weighted by atomic mass is 19.4. The lowest BCUT2D eigenvalue weighted by Gasteiger charge is -2.20. The topological polar surface area (TPSA) is 37.3 Å². The lowest BCUT2D eigenvalue weighted by atomic mass is 9.83. The summed E-state index contributed by atoms with van der Waals surface area (Å²) in [5.74, 6) is -2.45. The van der Waals surface area contributed by atoms with E-state index in [1.54, 1.807) is 6.07 Å². The van der Waals surface area contributed by atoms with Crippen LogP contribution in [0.15, 0.2) is 42.5 Å². The molecule has 0 saturated carbocycles. The van der Waals surface area contributed by atoms with Crippen LogP contribution in [0.1, 0.15) is 25.0 Å². The van der Waals surface area contributed by atoms with Gasteiger partial charge in [0.2, 0.25) is 0 Å². The van der Waals surface area contributed by atoms with Gasteiger partial charge < -0.3 is 5.11 Å². The fourth-order valence-electron chi connectivity index (χ4n) is 2.17. The van der Waals surface area contributed by atoms with E-state index in [2.05, 4.69) is 0 Å². The second kappa shape index (κ2) is 5.68. The zero-order valence-electron chi connectivity index (χ0n) is 12.4. The lowest BCUT2D eigenvalue weighted by Crippen LogP contribution is -2.28. The van der Waals surface area contributed by atoms with Crippen molar-refractivity contribution in [2.24, 2.45) is 0 Å². The minimum atomic E-state index is -4.79. The molecule has 1 N–H and O–H groups in total. The van der Waals surface area contributed by atoms with Crippen molar-refractivity contribution in [2.75, 3.05) is 0 Å². The fourth-order valence-corrected chi connectivity index (χ4v) is 2.17. The third-order valence-corrected chi connectivity index (χ3v) is 3.73. The first-order valence-corrected chi connectivity index (χ1v) is 6.75. The molecule has 0 radical (unpaired) electrons. The molecule has 0 fully saturated rings. The molecular weight excluding hydrogens is 312 g/mol. The van der Waals surface area contributed by atoms with Crippen LogP contribution >= 0.6 is 0 Å². The number of rotatable bonds is 3. The SMILES string of the molecule is CC(C)(C(=O)O)c1cccc(-c2cccc(C(F)(F)F)c2F)c1. The molecule has 0 aliphatic carbocycles. The molecule has 0 aliphatic rings. The second-order valence-electron chi connectivity index (χ2n) is 5.68. The summed E-state index contributed by atoms with van der Waals surface area (Å²) in [6.07, 6.45) is -4.79. The predicted molar refractivity (Wildman–Crippen MR) is 77.5 cm³/mol. The van der Waals surface area contributed by atoms with Gasteiger partial charge in [-0.3, -0.25) is 4.79 Å². The first-order valence-electron chi connectivity index (χ1n) is 6.75. The average Bonchev–Trinajstić information content (AvgIpc) is 2.46. The molecule has 0 atom stereocenters. The lowest BCUT2D eigenvalue weighted by molar-refractivity contribution is -0.142. The second-order valence-corrected chi connectivity index (χ2v) is 5.68. The van der Waals surface area contributed by atoms with E-state index in [1.807, 2.05) is 0 Å². The number of alkyl halides is 3. The Balaban J connectivity index is 2.59. The smallest absolute Gasteiger partial charge is 0.419 e. The standard InChI is InChI=1S/C17H14F4O2/c1-16(2,15(22)23)11-6-3-5-10(9-11)12-7-4-8-13(14(12)18)17(19,20)21/h3-9H,1-2H3,(H,22,23). The van der Waals surface area contributed by atoms with Gasteiger partial charge in [-0.15, -0.1) is 0 Å². The van der Waals surface area contributed by atoms with Crippen LogP contribution in [0.3, 0.4) is 0 Å². The van der Waals surface area contributed by atoms with Gasteiger partial charge in [0, 0.05) is 5.56 Å². The summed E-state index contributed by atoms with van der Waals surface area (Å²) in [4.78, 5) is 11.3. The van der Waals surface area contributed by atoms with Crippen molar-refractivity contribution in [2.45, 2.75) is 25.4 Å².